The van der Waals surface area contributed by atoms with E-state index in [1.807, 2.05) is 32.2 Å². The summed E-state index contributed by atoms with van der Waals surface area (Å²) in [6.07, 6.45) is 3.61. The Labute approximate surface area is 103 Å². The second-order valence-electron chi connectivity index (χ2n) is 4.01. The predicted octanol–water partition coefficient (Wildman–Crippen LogP) is 2.57. The fourth-order valence-electron chi connectivity index (χ4n) is 1.70. The van der Waals surface area contributed by atoms with Crippen LogP contribution in [0.5, 0.6) is 0 Å². The summed E-state index contributed by atoms with van der Waals surface area (Å²) < 4.78 is 5.39. The van der Waals surface area contributed by atoms with Crippen LogP contribution in [0.3, 0.4) is 0 Å². The molecule has 1 rings (SSSR count). The zero-order valence-electron chi connectivity index (χ0n) is 10.9. The van der Waals surface area contributed by atoms with Crippen LogP contribution < -0.4 is 0 Å². The topological polar surface area (TPSA) is 39.2 Å². The van der Waals surface area contributed by atoms with Crippen molar-refractivity contribution in [3.8, 4) is 0 Å². The van der Waals surface area contributed by atoms with E-state index in [2.05, 4.69) is 11.9 Å². The van der Waals surface area contributed by atoms with Gasteiger partial charge in [-0.1, -0.05) is 19.9 Å². The summed E-state index contributed by atoms with van der Waals surface area (Å²) in [5, 5.41) is 0. The van der Waals surface area contributed by atoms with Crippen molar-refractivity contribution in [1.82, 2.24) is 4.98 Å². The van der Waals surface area contributed by atoms with Gasteiger partial charge in [0.05, 0.1) is 6.42 Å². The third-order valence-corrected chi connectivity index (χ3v) is 2.75. The highest BCUT2D eigenvalue weighted by molar-refractivity contribution is 5.84. The van der Waals surface area contributed by atoms with Gasteiger partial charge in [-0.3, -0.25) is 9.78 Å². The zero-order chi connectivity index (χ0) is 12.7. The van der Waals surface area contributed by atoms with E-state index in [0.29, 0.717) is 13.0 Å². The first-order valence-electron chi connectivity index (χ1n) is 6.29. The Bertz CT molecular complexity index is 346. The molecule has 0 amide bonds. The molecule has 1 unspecified atom stereocenters. The van der Waals surface area contributed by atoms with Gasteiger partial charge in [0.1, 0.15) is 6.10 Å². The zero-order valence-corrected chi connectivity index (χ0v) is 10.9. The normalized spacial score (nSPS) is 12.4. The molecule has 17 heavy (non-hydrogen) atoms. The van der Waals surface area contributed by atoms with Crippen LogP contribution in [0.4, 0.5) is 0 Å². The van der Waals surface area contributed by atoms with Gasteiger partial charge in [-0.2, -0.15) is 0 Å². The molecule has 0 aliphatic heterocycles. The summed E-state index contributed by atoms with van der Waals surface area (Å²) in [7, 11) is 0. The number of ether oxygens (including phenoxy) is 1. The van der Waals surface area contributed by atoms with Crippen molar-refractivity contribution >= 4 is 5.78 Å². The fourth-order valence-corrected chi connectivity index (χ4v) is 1.70. The minimum absolute atomic E-state index is 0.117. The van der Waals surface area contributed by atoms with Gasteiger partial charge in [-0.25, -0.2) is 0 Å². The van der Waals surface area contributed by atoms with Gasteiger partial charge in [0.2, 0.25) is 0 Å². The molecular weight excluding hydrogens is 214 g/mol. The van der Waals surface area contributed by atoms with E-state index < -0.39 is 0 Å². The Balaban J connectivity index is 2.59. The highest BCUT2D eigenvalue weighted by atomic mass is 16.5. The first-order chi connectivity index (χ1) is 8.21. The minimum Gasteiger partial charge on any atom is -0.371 e. The van der Waals surface area contributed by atoms with E-state index in [0.717, 1.165) is 18.5 Å². The van der Waals surface area contributed by atoms with Gasteiger partial charge in [-0.15, -0.1) is 0 Å². The lowest BCUT2D eigenvalue weighted by Crippen LogP contribution is -2.25. The summed E-state index contributed by atoms with van der Waals surface area (Å²) in [4.78, 5) is 16.2. The highest BCUT2D eigenvalue weighted by Crippen LogP contribution is 2.07. The van der Waals surface area contributed by atoms with Gasteiger partial charge >= 0.3 is 0 Å². The number of aryl methyl sites for hydroxylation is 1. The van der Waals surface area contributed by atoms with Crippen LogP contribution in [-0.2, 0) is 22.4 Å². The molecule has 1 aromatic heterocycles. The number of nitrogens with zero attached hydrogens (tertiary/aromatic N) is 1. The largest absolute Gasteiger partial charge is 0.371 e. The van der Waals surface area contributed by atoms with Crippen molar-refractivity contribution in [2.24, 2.45) is 0 Å². The Hall–Kier alpha value is -1.22. The lowest BCUT2D eigenvalue weighted by Gasteiger charge is -2.13. The van der Waals surface area contributed by atoms with Crippen molar-refractivity contribution in [2.75, 3.05) is 6.61 Å². The molecule has 0 aliphatic carbocycles. The number of aromatic nitrogens is 1. The lowest BCUT2D eigenvalue weighted by atomic mass is 10.1. The van der Waals surface area contributed by atoms with Crippen LogP contribution in [0.2, 0.25) is 0 Å². The van der Waals surface area contributed by atoms with Crippen molar-refractivity contribution in [1.29, 1.82) is 0 Å². The fraction of sp³-hybridized carbons (Fsp3) is 0.571. The standard InChI is InChI=1S/C14H21NO2/c1-4-11-7-8-12(15-10-11)9-13(16)14(5-2)17-6-3/h7-8,10,14H,4-6,9H2,1-3H3. The third kappa shape index (κ3) is 4.27. The van der Waals surface area contributed by atoms with Crippen molar-refractivity contribution in [3.63, 3.8) is 0 Å². The average molecular weight is 235 g/mol. The van der Waals surface area contributed by atoms with Crippen molar-refractivity contribution < 1.29 is 9.53 Å². The summed E-state index contributed by atoms with van der Waals surface area (Å²) in [5.41, 5.74) is 2.02. The Morgan fingerprint density at radius 2 is 2.12 bits per heavy atom. The van der Waals surface area contributed by atoms with Gasteiger partial charge in [-0.05, 0) is 31.4 Å². The molecule has 1 heterocycles. The van der Waals surface area contributed by atoms with Crippen LogP contribution in [-0.4, -0.2) is 23.5 Å². The number of rotatable bonds is 7. The van der Waals surface area contributed by atoms with Crippen LogP contribution in [0.25, 0.3) is 0 Å². The van der Waals surface area contributed by atoms with Crippen LogP contribution >= 0.6 is 0 Å². The van der Waals surface area contributed by atoms with E-state index in [-0.39, 0.29) is 11.9 Å². The maximum absolute atomic E-state index is 11.9. The quantitative estimate of drug-likeness (QED) is 0.729. The summed E-state index contributed by atoms with van der Waals surface area (Å²) in [6, 6.07) is 3.95. The molecule has 3 heteroatoms. The Morgan fingerprint density at radius 1 is 1.35 bits per heavy atom. The number of hydrogen-bond donors (Lipinski definition) is 0. The van der Waals surface area contributed by atoms with E-state index in [1.54, 1.807) is 0 Å². The molecule has 0 N–H and O–H groups in total. The molecular formula is C14H21NO2. The van der Waals surface area contributed by atoms with E-state index in [9.17, 15) is 4.79 Å². The average Bonchev–Trinajstić information content (AvgIpc) is 2.36. The number of carbonyl (C=O) groups excluding carboxylic acids is 1. The molecule has 0 radical (unpaired) electrons. The maximum Gasteiger partial charge on any atom is 0.167 e. The lowest BCUT2D eigenvalue weighted by molar-refractivity contribution is -0.129. The number of hydrogen-bond acceptors (Lipinski definition) is 3. The number of pyridine rings is 1. The number of ketones is 1. The van der Waals surface area contributed by atoms with Gasteiger partial charge in [0.25, 0.3) is 0 Å². The molecule has 0 aliphatic rings. The van der Waals surface area contributed by atoms with E-state index >= 15 is 0 Å². The smallest absolute Gasteiger partial charge is 0.167 e. The second kappa shape index (κ2) is 7.17. The molecule has 94 valence electrons. The molecule has 0 saturated heterocycles. The van der Waals surface area contributed by atoms with Gasteiger partial charge in [0.15, 0.2) is 5.78 Å². The van der Waals surface area contributed by atoms with Crippen molar-refractivity contribution in [2.45, 2.75) is 46.1 Å². The first-order valence-corrected chi connectivity index (χ1v) is 6.29. The second-order valence-corrected chi connectivity index (χ2v) is 4.01. The minimum atomic E-state index is -0.285. The highest BCUT2D eigenvalue weighted by Gasteiger charge is 2.16. The molecule has 0 fully saturated rings. The molecule has 1 atom stereocenters. The molecule has 0 aromatic carbocycles. The van der Waals surface area contributed by atoms with Crippen molar-refractivity contribution in [3.05, 3.63) is 29.6 Å². The molecule has 1 aromatic rings. The summed E-state index contributed by atoms with van der Waals surface area (Å²) in [5.74, 6) is 0.117. The Morgan fingerprint density at radius 3 is 2.59 bits per heavy atom. The number of Topliss-reactive ketones (excluding diaryl/α,β-unsaturated/α-hetero) is 1. The van der Waals surface area contributed by atoms with Crippen LogP contribution in [0, 0.1) is 0 Å². The molecule has 0 saturated carbocycles. The predicted molar refractivity (Wildman–Crippen MR) is 68.0 cm³/mol. The van der Waals surface area contributed by atoms with E-state index in [4.69, 9.17) is 4.74 Å². The first kappa shape index (κ1) is 13.8. The monoisotopic (exact) mass is 235 g/mol. The SMILES string of the molecule is CCOC(CC)C(=O)Cc1ccc(CC)cn1. The molecule has 3 nitrogen and oxygen atoms in total. The summed E-state index contributed by atoms with van der Waals surface area (Å²) >= 11 is 0. The number of carbonyl (C=O) groups is 1. The molecule has 0 bridgehead atoms. The van der Waals surface area contributed by atoms with Gasteiger partial charge in [0, 0.05) is 18.5 Å². The van der Waals surface area contributed by atoms with Crippen LogP contribution in [0.15, 0.2) is 18.3 Å². The van der Waals surface area contributed by atoms with Crippen LogP contribution in [0.1, 0.15) is 38.4 Å². The third-order valence-electron chi connectivity index (χ3n) is 2.75. The molecule has 0 spiro atoms. The van der Waals surface area contributed by atoms with Gasteiger partial charge < -0.3 is 4.74 Å². The van der Waals surface area contributed by atoms with E-state index in [1.165, 1.54) is 5.56 Å². The summed E-state index contributed by atoms with van der Waals surface area (Å²) in [6.45, 7) is 6.53. The Kier molecular flexibility index (Phi) is 5.84. The maximum atomic E-state index is 11.9.